The molecule has 3 atom stereocenters. The van der Waals surface area contributed by atoms with Crippen LogP contribution in [-0.2, 0) is 14.3 Å². The molecule has 182 valence electrons. The Morgan fingerprint density at radius 2 is 1.16 bits per heavy atom. The molecule has 0 saturated heterocycles. The van der Waals surface area contributed by atoms with Crippen LogP contribution >= 0.6 is 0 Å². The van der Waals surface area contributed by atoms with Crippen molar-refractivity contribution in [3.05, 3.63) is 0 Å². The van der Waals surface area contributed by atoms with Crippen molar-refractivity contribution in [1.29, 1.82) is 0 Å². The molecule has 1 aliphatic carbocycles. The Morgan fingerprint density at radius 3 is 1.68 bits per heavy atom. The Hall–Kier alpha value is -1.06. The molecule has 0 spiro atoms. The maximum absolute atomic E-state index is 12.7. The minimum Gasteiger partial charge on any atom is -0.481 e. The number of esters is 1. The van der Waals surface area contributed by atoms with Crippen molar-refractivity contribution in [3.63, 3.8) is 0 Å². The number of carbonyl (C=O) groups excluding carboxylic acids is 1. The lowest BCUT2D eigenvalue weighted by Gasteiger charge is -2.28. The van der Waals surface area contributed by atoms with Crippen LogP contribution in [0.25, 0.3) is 0 Å². The molecule has 1 rings (SSSR count). The normalized spacial score (nSPS) is 19.8. The summed E-state index contributed by atoms with van der Waals surface area (Å²) >= 11 is 0. The van der Waals surface area contributed by atoms with Gasteiger partial charge in [-0.25, -0.2) is 0 Å². The molecule has 0 aromatic carbocycles. The van der Waals surface area contributed by atoms with Crippen molar-refractivity contribution < 1.29 is 19.4 Å². The average Bonchev–Trinajstić information content (AvgIpc) is 2.77. The third-order valence-electron chi connectivity index (χ3n) is 6.93. The molecule has 31 heavy (non-hydrogen) atoms. The highest BCUT2D eigenvalue weighted by Crippen LogP contribution is 2.32. The van der Waals surface area contributed by atoms with Crippen LogP contribution in [0.5, 0.6) is 0 Å². The summed E-state index contributed by atoms with van der Waals surface area (Å²) in [5.41, 5.74) is 0. The summed E-state index contributed by atoms with van der Waals surface area (Å²) in [6, 6.07) is 0. The van der Waals surface area contributed by atoms with Crippen molar-refractivity contribution >= 4 is 11.9 Å². The molecule has 1 saturated carbocycles. The van der Waals surface area contributed by atoms with Gasteiger partial charge < -0.3 is 9.84 Å². The fourth-order valence-electron chi connectivity index (χ4n) is 4.87. The second kappa shape index (κ2) is 18.5. The van der Waals surface area contributed by atoms with Gasteiger partial charge in [0, 0.05) is 0 Å². The topological polar surface area (TPSA) is 63.6 Å². The molecule has 0 bridgehead atoms. The van der Waals surface area contributed by atoms with Gasteiger partial charge in [0.2, 0.25) is 0 Å². The molecule has 3 unspecified atom stereocenters. The zero-order chi connectivity index (χ0) is 22.7. The first-order chi connectivity index (χ1) is 15.1. The number of unbranched alkanes of at least 4 members (excludes halogenated alkanes) is 12. The van der Waals surface area contributed by atoms with E-state index in [1.807, 2.05) is 0 Å². The number of carboxylic acid groups (broad SMARTS) is 1. The lowest BCUT2D eigenvalue weighted by atomic mass is 9.79. The van der Waals surface area contributed by atoms with Gasteiger partial charge in [0.1, 0.15) is 6.10 Å². The standard InChI is InChI=1S/C27H50O4/c1-3-5-7-8-9-10-11-12-13-14-15-16-20-23(19-6-4-2)31-27(30)25-22-18-17-21-24(25)26(28)29/h23-25H,3-22H2,1-2H3,(H,28,29). The number of aliphatic carboxylic acids is 1. The number of rotatable bonds is 19. The molecule has 0 aliphatic heterocycles. The first-order valence-corrected chi connectivity index (χ1v) is 13.5. The fourth-order valence-corrected chi connectivity index (χ4v) is 4.87. The quantitative estimate of drug-likeness (QED) is 0.163. The lowest BCUT2D eigenvalue weighted by molar-refractivity contribution is -0.164. The largest absolute Gasteiger partial charge is 0.481 e. The molecule has 1 aliphatic rings. The van der Waals surface area contributed by atoms with Crippen LogP contribution in [-0.4, -0.2) is 23.1 Å². The highest BCUT2D eigenvalue weighted by Gasteiger charge is 2.37. The van der Waals surface area contributed by atoms with E-state index in [1.165, 1.54) is 70.6 Å². The van der Waals surface area contributed by atoms with Crippen LogP contribution < -0.4 is 0 Å². The molecular weight excluding hydrogens is 388 g/mol. The molecule has 0 aromatic rings. The summed E-state index contributed by atoms with van der Waals surface area (Å²) in [6.45, 7) is 4.42. The average molecular weight is 439 g/mol. The van der Waals surface area contributed by atoms with Gasteiger partial charge in [-0.15, -0.1) is 0 Å². The first-order valence-electron chi connectivity index (χ1n) is 13.5. The van der Waals surface area contributed by atoms with E-state index in [2.05, 4.69) is 13.8 Å². The van der Waals surface area contributed by atoms with Crippen molar-refractivity contribution in [2.24, 2.45) is 11.8 Å². The minimum absolute atomic E-state index is 0.0352. The number of carbonyl (C=O) groups is 2. The van der Waals surface area contributed by atoms with E-state index < -0.39 is 17.8 Å². The van der Waals surface area contributed by atoms with Crippen LogP contribution in [0.4, 0.5) is 0 Å². The van der Waals surface area contributed by atoms with E-state index in [4.69, 9.17) is 4.74 Å². The Balaban J connectivity index is 2.21. The summed E-state index contributed by atoms with van der Waals surface area (Å²) in [4.78, 5) is 24.2. The molecular formula is C27H50O4. The summed E-state index contributed by atoms with van der Waals surface area (Å²) in [6.07, 6.45) is 23.0. The smallest absolute Gasteiger partial charge is 0.310 e. The molecule has 4 heteroatoms. The maximum atomic E-state index is 12.7. The summed E-state index contributed by atoms with van der Waals surface area (Å²) < 4.78 is 5.87. The van der Waals surface area contributed by atoms with Gasteiger partial charge in [-0.2, -0.15) is 0 Å². The zero-order valence-corrected chi connectivity index (χ0v) is 20.5. The van der Waals surface area contributed by atoms with E-state index in [9.17, 15) is 14.7 Å². The first kappa shape index (κ1) is 28.0. The predicted octanol–water partition coefficient (Wildman–Crippen LogP) is 8.07. The van der Waals surface area contributed by atoms with E-state index in [0.717, 1.165) is 44.9 Å². The van der Waals surface area contributed by atoms with Gasteiger partial charge >= 0.3 is 11.9 Å². The monoisotopic (exact) mass is 438 g/mol. The van der Waals surface area contributed by atoms with Crippen LogP contribution in [0.15, 0.2) is 0 Å². The summed E-state index contributed by atoms with van der Waals surface area (Å²) in [5, 5.41) is 9.45. The van der Waals surface area contributed by atoms with E-state index >= 15 is 0 Å². The third kappa shape index (κ3) is 13.2. The molecule has 4 nitrogen and oxygen atoms in total. The molecule has 0 amide bonds. The van der Waals surface area contributed by atoms with Gasteiger partial charge in [-0.3, -0.25) is 9.59 Å². The van der Waals surface area contributed by atoms with Gasteiger partial charge in [0.25, 0.3) is 0 Å². The van der Waals surface area contributed by atoms with Crippen molar-refractivity contribution in [1.82, 2.24) is 0 Å². The zero-order valence-electron chi connectivity index (χ0n) is 20.5. The van der Waals surface area contributed by atoms with E-state index in [1.54, 1.807) is 0 Å². The van der Waals surface area contributed by atoms with Gasteiger partial charge in [0.05, 0.1) is 11.8 Å². The van der Waals surface area contributed by atoms with Crippen LogP contribution in [0.1, 0.15) is 142 Å². The SMILES string of the molecule is CCCCCCCCCCCCCCC(CCCC)OC(=O)C1CCCCC1C(=O)O. The molecule has 0 aromatic heterocycles. The van der Waals surface area contributed by atoms with Gasteiger partial charge in [-0.05, 0) is 32.1 Å². The highest BCUT2D eigenvalue weighted by atomic mass is 16.5. The van der Waals surface area contributed by atoms with Crippen LogP contribution in [0, 0.1) is 11.8 Å². The van der Waals surface area contributed by atoms with Gasteiger partial charge in [0.15, 0.2) is 0 Å². The summed E-state index contributed by atoms with van der Waals surface area (Å²) in [7, 11) is 0. The van der Waals surface area contributed by atoms with E-state index in [0.29, 0.717) is 12.8 Å². The number of ether oxygens (including phenoxy) is 1. The lowest BCUT2D eigenvalue weighted by Crippen LogP contribution is -2.35. The van der Waals surface area contributed by atoms with Crippen molar-refractivity contribution in [3.8, 4) is 0 Å². The van der Waals surface area contributed by atoms with E-state index in [-0.39, 0.29) is 12.1 Å². The Kier molecular flexibility index (Phi) is 16.7. The fraction of sp³-hybridized carbons (Fsp3) is 0.926. The summed E-state index contributed by atoms with van der Waals surface area (Å²) in [5.74, 6) is -2.10. The Bertz CT molecular complexity index is 462. The number of hydrogen-bond donors (Lipinski definition) is 1. The molecule has 1 fully saturated rings. The third-order valence-corrected chi connectivity index (χ3v) is 6.93. The highest BCUT2D eigenvalue weighted by molar-refractivity contribution is 5.81. The minimum atomic E-state index is -0.840. The number of carboxylic acids is 1. The molecule has 0 radical (unpaired) electrons. The maximum Gasteiger partial charge on any atom is 0.310 e. The predicted molar refractivity (Wildman–Crippen MR) is 128 cm³/mol. The van der Waals surface area contributed by atoms with Crippen LogP contribution in [0.2, 0.25) is 0 Å². The van der Waals surface area contributed by atoms with Crippen molar-refractivity contribution in [2.75, 3.05) is 0 Å². The Labute approximate surface area is 191 Å². The molecule has 1 N–H and O–H groups in total. The second-order valence-electron chi connectivity index (χ2n) is 9.71. The number of hydrogen-bond acceptors (Lipinski definition) is 3. The second-order valence-corrected chi connectivity index (χ2v) is 9.71. The molecule has 0 heterocycles. The van der Waals surface area contributed by atoms with Crippen molar-refractivity contribution in [2.45, 2.75) is 148 Å². The Morgan fingerprint density at radius 1 is 0.710 bits per heavy atom. The van der Waals surface area contributed by atoms with Crippen LogP contribution in [0.3, 0.4) is 0 Å². The van der Waals surface area contributed by atoms with Gasteiger partial charge in [-0.1, -0.05) is 110 Å².